The van der Waals surface area contributed by atoms with E-state index in [9.17, 15) is 13.6 Å². The van der Waals surface area contributed by atoms with Crippen molar-refractivity contribution in [3.63, 3.8) is 0 Å². The number of fused-ring (bicyclic) bond motifs is 1. The van der Waals surface area contributed by atoms with Crippen LogP contribution in [0, 0.1) is 17.6 Å². The third kappa shape index (κ3) is 5.95. The Labute approximate surface area is 287 Å². The fourth-order valence-electron chi connectivity index (χ4n) is 7.36. The topological polar surface area (TPSA) is 50.2 Å². The average Bonchev–Trinajstić information content (AvgIpc) is 3.43. The highest BCUT2D eigenvalue weighted by atomic mass is 79.9. The number of benzene rings is 5. The lowest BCUT2D eigenvalue weighted by Crippen LogP contribution is -2.50. The maximum atomic E-state index is 14.4. The summed E-state index contributed by atoms with van der Waals surface area (Å²) in [6, 6.07) is 40.5. The molecule has 7 rings (SSSR count). The van der Waals surface area contributed by atoms with E-state index >= 15 is 0 Å². The molecule has 0 radical (unpaired) electrons. The summed E-state index contributed by atoms with van der Waals surface area (Å²) in [5.41, 5.74) is 3.81. The Kier molecular flexibility index (Phi) is 8.94. The Morgan fingerprint density at radius 3 is 1.94 bits per heavy atom. The lowest BCUT2D eigenvalue weighted by Gasteiger charge is -2.37. The van der Waals surface area contributed by atoms with Gasteiger partial charge in [-0.3, -0.25) is 4.79 Å². The van der Waals surface area contributed by atoms with Crippen LogP contribution < -0.4 is 5.32 Å². The third-order valence-corrected chi connectivity index (χ3v) is 9.98. The molecular formula is C40H35BrF2N4O. The highest BCUT2D eigenvalue weighted by Gasteiger charge is 2.41. The molecule has 2 heterocycles. The predicted octanol–water partition coefficient (Wildman–Crippen LogP) is 8.21. The van der Waals surface area contributed by atoms with Gasteiger partial charge in [-0.05, 0) is 88.8 Å². The van der Waals surface area contributed by atoms with Crippen molar-refractivity contribution in [1.29, 1.82) is 0 Å². The minimum Gasteiger partial charge on any atom is -0.348 e. The monoisotopic (exact) mass is 704 g/mol. The molecule has 6 aromatic rings. The molecule has 0 bridgehead atoms. The lowest BCUT2D eigenvalue weighted by atomic mass is 9.77. The molecule has 2 unspecified atom stereocenters. The number of nitrogens with one attached hydrogen (secondary N) is 1. The van der Waals surface area contributed by atoms with Crippen molar-refractivity contribution < 1.29 is 13.6 Å². The van der Waals surface area contributed by atoms with Crippen molar-refractivity contribution in [2.75, 3.05) is 20.1 Å². The maximum absolute atomic E-state index is 14.4. The first-order valence-corrected chi connectivity index (χ1v) is 16.9. The number of carbonyl (C=O) groups is 1. The Morgan fingerprint density at radius 2 is 1.38 bits per heavy atom. The Bertz CT molecular complexity index is 1940. The van der Waals surface area contributed by atoms with Gasteiger partial charge in [0, 0.05) is 35.6 Å². The molecule has 1 saturated heterocycles. The zero-order valence-corrected chi connectivity index (χ0v) is 28.1. The van der Waals surface area contributed by atoms with Gasteiger partial charge >= 0.3 is 0 Å². The molecular weight excluding hydrogens is 670 g/mol. The lowest BCUT2D eigenvalue weighted by molar-refractivity contribution is 0.0888. The van der Waals surface area contributed by atoms with Crippen LogP contribution in [0.5, 0.6) is 0 Å². The highest BCUT2D eigenvalue weighted by molar-refractivity contribution is 9.10. The zero-order valence-electron chi connectivity index (χ0n) is 26.5. The van der Waals surface area contributed by atoms with E-state index in [2.05, 4.69) is 67.2 Å². The third-order valence-electron chi connectivity index (χ3n) is 9.40. The largest absolute Gasteiger partial charge is 0.348 e. The van der Waals surface area contributed by atoms with Crippen LogP contribution in [0.15, 0.2) is 132 Å². The molecule has 242 valence electrons. The minimum atomic E-state index is -0.808. The molecule has 1 amide bonds. The van der Waals surface area contributed by atoms with E-state index in [0.717, 1.165) is 27.6 Å². The predicted molar refractivity (Wildman–Crippen MR) is 189 cm³/mol. The number of carbonyl (C=O) groups excluding carboxylic acids is 1. The van der Waals surface area contributed by atoms with Crippen LogP contribution in [0.1, 0.15) is 39.0 Å². The number of hydrogen-bond donors (Lipinski definition) is 1. The van der Waals surface area contributed by atoms with Gasteiger partial charge in [0.15, 0.2) is 0 Å². The van der Waals surface area contributed by atoms with Crippen LogP contribution in [0.4, 0.5) is 8.78 Å². The normalized spacial score (nSPS) is 17.0. The number of hydrogen-bond acceptors (Lipinski definition) is 3. The summed E-state index contributed by atoms with van der Waals surface area (Å²) in [5, 5.41) is 9.12. The SMILES string of the molecule is CN1CC(Cc2c(F)cccc2F)CC(NC(=O)c2ccc3c(c2)c(Br)nn3C(c2ccccc2)(c2ccccc2)c2ccccc2)C1. The van der Waals surface area contributed by atoms with E-state index in [0.29, 0.717) is 29.7 Å². The summed E-state index contributed by atoms with van der Waals surface area (Å²) in [6.45, 7) is 1.35. The van der Waals surface area contributed by atoms with Gasteiger partial charge in [0.1, 0.15) is 21.8 Å². The van der Waals surface area contributed by atoms with Crippen LogP contribution in [-0.2, 0) is 12.0 Å². The summed E-state index contributed by atoms with van der Waals surface area (Å²) < 4.78 is 31.5. The number of nitrogens with zero attached hydrogens (tertiary/aromatic N) is 3. The summed E-state index contributed by atoms with van der Waals surface area (Å²) >= 11 is 3.74. The standard InChI is InChI=1S/C40H35BrF2N4O/c1-46-25-27(23-33-35(42)18-11-19-36(33)43)22-32(26-46)44-39(48)28-20-21-37-34(24-28)38(41)45-47(37)40(29-12-5-2-6-13-29,30-14-7-3-8-15-30)31-16-9-4-10-17-31/h2-21,24,27,32H,22-23,25-26H2,1H3,(H,44,48). The molecule has 1 aliphatic heterocycles. The van der Waals surface area contributed by atoms with E-state index in [-0.39, 0.29) is 29.9 Å². The van der Waals surface area contributed by atoms with Crippen LogP contribution in [0.3, 0.4) is 0 Å². The van der Waals surface area contributed by atoms with Crippen molar-refractivity contribution in [2.24, 2.45) is 5.92 Å². The minimum absolute atomic E-state index is 0.00242. The molecule has 0 saturated carbocycles. The van der Waals surface area contributed by atoms with Gasteiger partial charge in [-0.15, -0.1) is 0 Å². The van der Waals surface area contributed by atoms with E-state index in [1.165, 1.54) is 18.2 Å². The van der Waals surface area contributed by atoms with Crippen molar-refractivity contribution in [2.45, 2.75) is 24.4 Å². The number of rotatable bonds is 8. The number of likely N-dealkylation sites (N-methyl/N-ethyl adjacent to an activating group) is 1. The Balaban J connectivity index is 1.24. The van der Waals surface area contributed by atoms with E-state index < -0.39 is 17.2 Å². The smallest absolute Gasteiger partial charge is 0.251 e. The van der Waals surface area contributed by atoms with Crippen LogP contribution >= 0.6 is 15.9 Å². The molecule has 0 aliphatic carbocycles. The van der Waals surface area contributed by atoms with E-state index in [1.54, 1.807) is 0 Å². The molecule has 5 nitrogen and oxygen atoms in total. The zero-order chi connectivity index (χ0) is 33.3. The summed E-state index contributed by atoms with van der Waals surface area (Å²) in [7, 11) is 1.97. The number of amides is 1. The van der Waals surface area contributed by atoms with Crippen LogP contribution in [0.25, 0.3) is 10.9 Å². The van der Waals surface area contributed by atoms with Crippen LogP contribution in [-0.4, -0.2) is 46.8 Å². The molecule has 5 aromatic carbocycles. The fourth-order valence-corrected chi connectivity index (χ4v) is 7.84. The highest BCUT2D eigenvalue weighted by Crippen LogP contribution is 2.43. The molecule has 1 aliphatic rings. The molecule has 0 spiro atoms. The quantitative estimate of drug-likeness (QED) is 0.163. The van der Waals surface area contributed by atoms with Crippen molar-refractivity contribution in [3.05, 3.63) is 171 Å². The molecule has 2 atom stereocenters. The number of halogens is 3. The van der Waals surface area contributed by atoms with E-state index in [1.807, 2.05) is 79.8 Å². The molecule has 8 heteroatoms. The second-order valence-corrected chi connectivity index (χ2v) is 13.4. The second-order valence-electron chi connectivity index (χ2n) is 12.6. The number of aromatic nitrogens is 2. The molecule has 48 heavy (non-hydrogen) atoms. The summed E-state index contributed by atoms with van der Waals surface area (Å²) in [4.78, 5) is 15.8. The first kappa shape index (κ1) is 31.9. The van der Waals surface area contributed by atoms with E-state index in [4.69, 9.17) is 5.10 Å². The molecule has 1 fully saturated rings. The van der Waals surface area contributed by atoms with Crippen molar-refractivity contribution in [1.82, 2.24) is 20.0 Å². The Morgan fingerprint density at radius 1 is 0.812 bits per heavy atom. The number of piperidine rings is 1. The second kappa shape index (κ2) is 13.5. The maximum Gasteiger partial charge on any atom is 0.251 e. The van der Waals surface area contributed by atoms with Crippen molar-refractivity contribution >= 4 is 32.7 Å². The van der Waals surface area contributed by atoms with Crippen LogP contribution in [0.2, 0.25) is 0 Å². The van der Waals surface area contributed by atoms with Crippen molar-refractivity contribution in [3.8, 4) is 0 Å². The van der Waals surface area contributed by atoms with Gasteiger partial charge < -0.3 is 10.2 Å². The first-order valence-electron chi connectivity index (χ1n) is 16.1. The number of likely N-dealkylation sites (tertiary alicyclic amines) is 1. The molecule has 1 N–H and O–H groups in total. The van der Waals surface area contributed by atoms with Gasteiger partial charge in [0.05, 0.1) is 5.52 Å². The van der Waals surface area contributed by atoms with Gasteiger partial charge in [0.2, 0.25) is 0 Å². The van der Waals surface area contributed by atoms with Gasteiger partial charge in [-0.2, -0.15) is 5.10 Å². The average molecular weight is 706 g/mol. The van der Waals surface area contributed by atoms with Gasteiger partial charge in [-0.25, -0.2) is 13.5 Å². The first-order chi connectivity index (χ1) is 23.3. The Hall–Kier alpha value is -4.66. The van der Waals surface area contributed by atoms with Gasteiger partial charge in [-0.1, -0.05) is 97.1 Å². The van der Waals surface area contributed by atoms with Gasteiger partial charge in [0.25, 0.3) is 5.91 Å². The fraction of sp³-hybridized carbons (Fsp3) is 0.200. The summed E-state index contributed by atoms with van der Waals surface area (Å²) in [5.74, 6) is -1.26. The summed E-state index contributed by atoms with van der Waals surface area (Å²) in [6.07, 6.45) is 0.904. The molecule has 1 aromatic heterocycles.